The second-order valence-corrected chi connectivity index (χ2v) is 4.39. The molecule has 1 aromatic heterocycles. The number of carboxylic acid groups (broad SMARTS) is 1. The molecule has 1 aromatic rings. The molecular weight excluding hydrogens is 188 g/mol. The molecule has 0 aliphatic heterocycles. The molecule has 1 heterocycles. The zero-order valence-electron chi connectivity index (χ0n) is 7.60. The maximum atomic E-state index is 10.4. The summed E-state index contributed by atoms with van der Waals surface area (Å²) >= 11 is 1.53. The molecule has 0 saturated heterocycles. The molecule has 0 aliphatic carbocycles. The van der Waals surface area contributed by atoms with Gasteiger partial charge in [0.1, 0.15) is 0 Å². The largest absolute Gasteiger partial charge is 0.481 e. The highest BCUT2D eigenvalue weighted by Crippen LogP contribution is 2.23. The Morgan fingerprint density at radius 3 is 3.00 bits per heavy atom. The molecule has 4 nitrogen and oxygen atoms in total. The third-order valence-electron chi connectivity index (χ3n) is 1.48. The number of carboxylic acids is 1. The Morgan fingerprint density at radius 1 is 1.85 bits per heavy atom. The van der Waals surface area contributed by atoms with Crippen LogP contribution in [0, 0.1) is 0 Å². The smallest absolute Gasteiger partial charge is 0.304 e. The number of aromatic nitrogens is 2. The molecule has 1 rings (SSSR count). The number of rotatable bonds is 4. The lowest BCUT2D eigenvalue weighted by Crippen LogP contribution is -2.04. The fourth-order valence-electron chi connectivity index (χ4n) is 0.980. The predicted octanol–water partition coefficient (Wildman–Crippen LogP) is 1.38. The lowest BCUT2D eigenvalue weighted by atomic mass is 10.3. The Kier molecular flexibility index (Phi) is 3.36. The minimum absolute atomic E-state index is 0.0849. The van der Waals surface area contributed by atoms with Gasteiger partial charge in [-0.2, -0.15) is 5.10 Å². The summed E-state index contributed by atoms with van der Waals surface area (Å²) in [5, 5.41) is 12.6. The Bertz CT molecular complexity index is 298. The molecule has 0 fully saturated rings. The normalized spacial score (nSPS) is 12.8. The van der Waals surface area contributed by atoms with Gasteiger partial charge in [0.15, 0.2) is 0 Å². The van der Waals surface area contributed by atoms with Gasteiger partial charge in [-0.05, 0) is 0 Å². The summed E-state index contributed by atoms with van der Waals surface area (Å²) in [6, 6.07) is 0. The number of thioether (sulfide) groups is 1. The van der Waals surface area contributed by atoms with Gasteiger partial charge in [-0.15, -0.1) is 11.8 Å². The molecule has 13 heavy (non-hydrogen) atoms. The van der Waals surface area contributed by atoms with Crippen molar-refractivity contribution >= 4 is 17.7 Å². The molecule has 0 spiro atoms. The molecule has 1 unspecified atom stereocenters. The van der Waals surface area contributed by atoms with Crippen LogP contribution in [0.5, 0.6) is 0 Å². The van der Waals surface area contributed by atoms with Gasteiger partial charge in [0.2, 0.25) is 0 Å². The number of aryl methyl sites for hydroxylation is 1. The van der Waals surface area contributed by atoms with Crippen molar-refractivity contribution in [2.24, 2.45) is 7.05 Å². The zero-order chi connectivity index (χ0) is 9.84. The van der Waals surface area contributed by atoms with Crippen molar-refractivity contribution in [3.8, 4) is 0 Å². The van der Waals surface area contributed by atoms with E-state index in [9.17, 15) is 4.79 Å². The van der Waals surface area contributed by atoms with E-state index < -0.39 is 5.97 Å². The Morgan fingerprint density at radius 2 is 2.54 bits per heavy atom. The Balaban J connectivity index is 2.44. The van der Waals surface area contributed by atoms with Gasteiger partial charge in [-0.3, -0.25) is 9.48 Å². The van der Waals surface area contributed by atoms with E-state index >= 15 is 0 Å². The molecule has 0 saturated carbocycles. The van der Waals surface area contributed by atoms with E-state index in [0.29, 0.717) is 0 Å². The van der Waals surface area contributed by atoms with Crippen LogP contribution in [0.15, 0.2) is 17.3 Å². The summed E-state index contributed by atoms with van der Waals surface area (Å²) in [6.45, 7) is 1.89. The van der Waals surface area contributed by atoms with Gasteiger partial charge in [0.05, 0.1) is 12.6 Å². The van der Waals surface area contributed by atoms with Crippen LogP contribution in [-0.4, -0.2) is 26.1 Å². The van der Waals surface area contributed by atoms with Crippen LogP contribution < -0.4 is 0 Å². The molecule has 0 radical (unpaired) electrons. The van der Waals surface area contributed by atoms with Crippen molar-refractivity contribution in [1.29, 1.82) is 0 Å². The molecule has 1 atom stereocenters. The standard InChI is InChI=1S/C8H12N2O2S/c1-6(3-8(11)12)13-7-4-9-10(2)5-7/h4-6H,3H2,1-2H3,(H,11,12). The fraction of sp³-hybridized carbons (Fsp3) is 0.500. The summed E-state index contributed by atoms with van der Waals surface area (Å²) < 4.78 is 1.70. The number of hydrogen-bond acceptors (Lipinski definition) is 3. The van der Waals surface area contributed by atoms with Crippen molar-refractivity contribution in [3.05, 3.63) is 12.4 Å². The van der Waals surface area contributed by atoms with Gasteiger partial charge in [-0.25, -0.2) is 0 Å². The van der Waals surface area contributed by atoms with Gasteiger partial charge in [0, 0.05) is 23.4 Å². The molecule has 5 heteroatoms. The summed E-state index contributed by atoms with van der Waals surface area (Å²) in [5.41, 5.74) is 0. The molecule has 0 aliphatic rings. The average Bonchev–Trinajstić information content (AvgIpc) is 2.33. The summed E-state index contributed by atoms with van der Waals surface area (Å²) in [4.78, 5) is 11.4. The fourth-order valence-corrected chi connectivity index (χ4v) is 1.99. The van der Waals surface area contributed by atoms with Crippen LogP contribution in [0.3, 0.4) is 0 Å². The van der Waals surface area contributed by atoms with E-state index in [4.69, 9.17) is 5.11 Å². The number of nitrogens with zero attached hydrogens (tertiary/aromatic N) is 2. The van der Waals surface area contributed by atoms with Crippen LogP contribution in [0.25, 0.3) is 0 Å². The molecule has 0 bridgehead atoms. The second kappa shape index (κ2) is 4.32. The maximum absolute atomic E-state index is 10.4. The first kappa shape index (κ1) is 10.1. The van der Waals surface area contributed by atoms with Crippen LogP contribution in [0.1, 0.15) is 13.3 Å². The molecule has 1 N–H and O–H groups in total. The van der Waals surface area contributed by atoms with E-state index in [1.54, 1.807) is 10.9 Å². The zero-order valence-corrected chi connectivity index (χ0v) is 8.41. The first-order chi connectivity index (χ1) is 6.08. The van der Waals surface area contributed by atoms with Gasteiger partial charge < -0.3 is 5.11 Å². The third-order valence-corrected chi connectivity index (χ3v) is 2.53. The first-order valence-electron chi connectivity index (χ1n) is 3.95. The number of carbonyl (C=O) groups is 1. The maximum Gasteiger partial charge on any atom is 0.304 e. The number of aliphatic carboxylic acids is 1. The van der Waals surface area contributed by atoms with Gasteiger partial charge >= 0.3 is 5.97 Å². The average molecular weight is 200 g/mol. The van der Waals surface area contributed by atoms with Crippen molar-refractivity contribution in [1.82, 2.24) is 9.78 Å². The Labute approximate surface area is 80.9 Å². The number of hydrogen-bond donors (Lipinski definition) is 1. The van der Waals surface area contributed by atoms with E-state index in [1.807, 2.05) is 20.2 Å². The summed E-state index contributed by atoms with van der Waals surface area (Å²) in [5.74, 6) is -0.760. The van der Waals surface area contributed by atoms with Crippen molar-refractivity contribution in [2.75, 3.05) is 0 Å². The molecular formula is C8H12N2O2S. The van der Waals surface area contributed by atoms with E-state index in [-0.39, 0.29) is 11.7 Å². The van der Waals surface area contributed by atoms with E-state index in [1.165, 1.54) is 11.8 Å². The van der Waals surface area contributed by atoms with Gasteiger partial charge in [-0.1, -0.05) is 6.92 Å². The highest BCUT2D eigenvalue weighted by molar-refractivity contribution is 8.00. The Hall–Kier alpha value is -0.970. The monoisotopic (exact) mass is 200 g/mol. The summed E-state index contributed by atoms with van der Waals surface area (Å²) in [6.07, 6.45) is 3.80. The van der Waals surface area contributed by atoms with Crippen LogP contribution in [0.2, 0.25) is 0 Å². The summed E-state index contributed by atoms with van der Waals surface area (Å²) in [7, 11) is 1.84. The highest BCUT2D eigenvalue weighted by Gasteiger charge is 2.09. The van der Waals surface area contributed by atoms with Crippen LogP contribution >= 0.6 is 11.8 Å². The molecule has 72 valence electrons. The van der Waals surface area contributed by atoms with Crippen LogP contribution in [0.4, 0.5) is 0 Å². The first-order valence-corrected chi connectivity index (χ1v) is 4.83. The second-order valence-electron chi connectivity index (χ2n) is 2.88. The van der Waals surface area contributed by atoms with Crippen molar-refractivity contribution < 1.29 is 9.90 Å². The van der Waals surface area contributed by atoms with Crippen LogP contribution in [-0.2, 0) is 11.8 Å². The van der Waals surface area contributed by atoms with E-state index in [2.05, 4.69) is 5.10 Å². The predicted molar refractivity (Wildman–Crippen MR) is 50.8 cm³/mol. The lowest BCUT2D eigenvalue weighted by Gasteiger charge is -2.04. The van der Waals surface area contributed by atoms with Crippen molar-refractivity contribution in [2.45, 2.75) is 23.5 Å². The SMILES string of the molecule is CC(CC(=O)O)Sc1cnn(C)c1. The molecule has 0 aromatic carbocycles. The quantitative estimate of drug-likeness (QED) is 0.746. The minimum atomic E-state index is -0.760. The highest BCUT2D eigenvalue weighted by atomic mass is 32.2. The minimum Gasteiger partial charge on any atom is -0.481 e. The third kappa shape index (κ3) is 3.50. The molecule has 0 amide bonds. The van der Waals surface area contributed by atoms with Crippen molar-refractivity contribution in [3.63, 3.8) is 0 Å². The van der Waals surface area contributed by atoms with Gasteiger partial charge in [0.25, 0.3) is 0 Å². The lowest BCUT2D eigenvalue weighted by molar-refractivity contribution is -0.136. The topological polar surface area (TPSA) is 55.1 Å². The van der Waals surface area contributed by atoms with E-state index in [0.717, 1.165) is 4.90 Å².